The third-order valence-corrected chi connectivity index (χ3v) is 3.72. The van der Waals surface area contributed by atoms with Gasteiger partial charge in [0.25, 0.3) is 0 Å². The molecule has 0 bridgehead atoms. The summed E-state index contributed by atoms with van der Waals surface area (Å²) in [5.41, 5.74) is 0.939. The smallest absolute Gasteiger partial charge is 0.337 e. The first-order valence-electron chi connectivity index (χ1n) is 7.61. The highest BCUT2D eigenvalue weighted by molar-refractivity contribution is 6.33. The number of unbranched alkanes of at least 4 members (excludes halogenated alkanes) is 1. The Hall–Kier alpha value is -2.41. The first-order chi connectivity index (χ1) is 11.5. The molecule has 0 fully saturated rings. The Balaban J connectivity index is 2.20. The van der Waals surface area contributed by atoms with Crippen molar-refractivity contribution in [3.63, 3.8) is 0 Å². The lowest BCUT2D eigenvalue weighted by Crippen LogP contribution is -2.21. The van der Waals surface area contributed by atoms with E-state index in [1.807, 2.05) is 11.9 Å². The van der Waals surface area contributed by atoms with Crippen molar-refractivity contribution in [2.24, 2.45) is 0 Å². The molecule has 0 aliphatic carbocycles. The van der Waals surface area contributed by atoms with E-state index < -0.39 is 5.97 Å². The number of halogens is 1. The lowest BCUT2D eigenvalue weighted by molar-refractivity contribution is 0.0601. The molecule has 8 heteroatoms. The van der Waals surface area contributed by atoms with Crippen LogP contribution in [0.4, 0.5) is 17.5 Å². The van der Waals surface area contributed by atoms with Crippen LogP contribution in [0, 0.1) is 0 Å². The van der Waals surface area contributed by atoms with Crippen LogP contribution in [0.3, 0.4) is 0 Å². The summed E-state index contributed by atoms with van der Waals surface area (Å²) in [4.78, 5) is 18.0. The van der Waals surface area contributed by atoms with Crippen molar-refractivity contribution >= 4 is 35.0 Å². The summed E-state index contributed by atoms with van der Waals surface area (Å²) in [5.74, 6) is 0.580. The van der Waals surface area contributed by atoms with E-state index in [0.717, 1.165) is 19.4 Å². The molecular weight excluding hydrogens is 330 g/mol. The van der Waals surface area contributed by atoms with E-state index in [1.54, 1.807) is 18.2 Å². The van der Waals surface area contributed by atoms with Crippen LogP contribution in [0.2, 0.25) is 5.02 Å². The highest BCUT2D eigenvalue weighted by atomic mass is 35.5. The van der Waals surface area contributed by atoms with Crippen molar-refractivity contribution in [1.82, 2.24) is 15.2 Å². The van der Waals surface area contributed by atoms with Gasteiger partial charge in [-0.2, -0.15) is 10.1 Å². The maximum absolute atomic E-state index is 11.6. The van der Waals surface area contributed by atoms with Crippen molar-refractivity contribution in [2.75, 3.05) is 30.9 Å². The van der Waals surface area contributed by atoms with Gasteiger partial charge in [-0.15, -0.1) is 5.10 Å². The molecule has 0 aliphatic heterocycles. The van der Waals surface area contributed by atoms with Gasteiger partial charge in [-0.1, -0.05) is 24.9 Å². The number of ether oxygens (including phenoxy) is 1. The highest BCUT2D eigenvalue weighted by Crippen LogP contribution is 2.26. The monoisotopic (exact) mass is 349 g/mol. The summed E-state index contributed by atoms with van der Waals surface area (Å²) in [6.07, 6.45) is 3.63. The van der Waals surface area contributed by atoms with E-state index in [9.17, 15) is 4.79 Å². The molecule has 1 heterocycles. The average molecular weight is 350 g/mol. The van der Waals surface area contributed by atoms with Gasteiger partial charge in [0.05, 0.1) is 29.6 Å². The van der Waals surface area contributed by atoms with E-state index in [1.165, 1.54) is 13.3 Å². The van der Waals surface area contributed by atoms with E-state index in [2.05, 4.69) is 27.4 Å². The van der Waals surface area contributed by atoms with Gasteiger partial charge in [0, 0.05) is 13.6 Å². The van der Waals surface area contributed by atoms with E-state index in [0.29, 0.717) is 28.0 Å². The second kappa shape index (κ2) is 8.44. The first kappa shape index (κ1) is 17.9. The molecule has 0 unspecified atom stereocenters. The molecule has 24 heavy (non-hydrogen) atoms. The second-order valence-corrected chi connectivity index (χ2v) is 5.64. The SMILES string of the molecule is CCCCN(C)c1nncc(Nc2cc(C(=O)OC)ccc2Cl)n1. The molecule has 1 aromatic heterocycles. The van der Waals surface area contributed by atoms with Gasteiger partial charge in [0.1, 0.15) is 0 Å². The Morgan fingerprint density at radius 3 is 2.92 bits per heavy atom. The van der Waals surface area contributed by atoms with Crippen molar-refractivity contribution < 1.29 is 9.53 Å². The lowest BCUT2D eigenvalue weighted by atomic mass is 10.2. The number of nitrogens with zero attached hydrogens (tertiary/aromatic N) is 4. The Morgan fingerprint density at radius 1 is 1.42 bits per heavy atom. The summed E-state index contributed by atoms with van der Waals surface area (Å²) in [5, 5.41) is 11.5. The fourth-order valence-corrected chi connectivity index (χ4v) is 2.18. The van der Waals surface area contributed by atoms with Gasteiger partial charge in [-0.05, 0) is 24.6 Å². The zero-order valence-corrected chi connectivity index (χ0v) is 14.7. The van der Waals surface area contributed by atoms with Gasteiger partial charge >= 0.3 is 5.97 Å². The molecule has 0 saturated heterocycles. The van der Waals surface area contributed by atoms with Crippen LogP contribution in [0.25, 0.3) is 0 Å². The van der Waals surface area contributed by atoms with Crippen molar-refractivity contribution in [2.45, 2.75) is 19.8 Å². The number of rotatable bonds is 7. The van der Waals surface area contributed by atoms with Gasteiger partial charge < -0.3 is 15.0 Å². The van der Waals surface area contributed by atoms with Gasteiger partial charge in [0.15, 0.2) is 5.82 Å². The average Bonchev–Trinajstić information content (AvgIpc) is 2.61. The standard InChI is InChI=1S/C16H20ClN5O2/c1-4-5-8-22(2)16-20-14(10-18-21-16)19-13-9-11(15(23)24-3)6-7-12(13)17/h6-7,9-10H,4-5,8H2,1-3H3,(H,19,20,21). The van der Waals surface area contributed by atoms with Crippen molar-refractivity contribution in [3.8, 4) is 0 Å². The molecular formula is C16H20ClN5O2. The molecule has 0 atom stereocenters. The summed E-state index contributed by atoms with van der Waals surface area (Å²) >= 11 is 6.18. The van der Waals surface area contributed by atoms with Crippen molar-refractivity contribution in [3.05, 3.63) is 35.0 Å². The largest absolute Gasteiger partial charge is 0.465 e. The normalized spacial score (nSPS) is 10.3. The van der Waals surface area contributed by atoms with Crippen LogP contribution in [0.1, 0.15) is 30.1 Å². The molecule has 0 radical (unpaired) electrons. The number of aromatic nitrogens is 3. The zero-order valence-electron chi connectivity index (χ0n) is 13.9. The number of esters is 1. The zero-order chi connectivity index (χ0) is 17.5. The number of methoxy groups -OCH3 is 1. The lowest BCUT2D eigenvalue weighted by Gasteiger charge is -2.16. The minimum absolute atomic E-state index is 0.395. The van der Waals surface area contributed by atoms with Gasteiger partial charge in [-0.25, -0.2) is 4.79 Å². The topological polar surface area (TPSA) is 80.2 Å². The summed E-state index contributed by atoms with van der Waals surface area (Å²) in [7, 11) is 3.25. The summed E-state index contributed by atoms with van der Waals surface area (Å²) in [6.45, 7) is 2.97. The maximum atomic E-state index is 11.6. The van der Waals surface area contributed by atoms with E-state index in [-0.39, 0.29) is 0 Å². The fraction of sp³-hybridized carbons (Fsp3) is 0.375. The number of carbonyl (C=O) groups is 1. The Bertz CT molecular complexity index is 711. The van der Waals surface area contributed by atoms with Gasteiger partial charge in [-0.3, -0.25) is 0 Å². The third kappa shape index (κ3) is 4.55. The number of anilines is 3. The second-order valence-electron chi connectivity index (χ2n) is 5.23. The van der Waals surface area contributed by atoms with Crippen LogP contribution < -0.4 is 10.2 Å². The van der Waals surface area contributed by atoms with Gasteiger partial charge in [0.2, 0.25) is 5.95 Å². The minimum Gasteiger partial charge on any atom is -0.465 e. The van der Waals surface area contributed by atoms with Crippen LogP contribution in [0.15, 0.2) is 24.4 Å². The molecule has 1 aromatic carbocycles. The number of hydrogen-bond donors (Lipinski definition) is 1. The van der Waals surface area contributed by atoms with E-state index >= 15 is 0 Å². The fourth-order valence-electron chi connectivity index (χ4n) is 2.02. The molecule has 0 spiro atoms. The Labute approximate surface area is 146 Å². The highest BCUT2D eigenvalue weighted by Gasteiger charge is 2.11. The van der Waals surface area contributed by atoms with Crippen LogP contribution in [0.5, 0.6) is 0 Å². The molecule has 0 aliphatic rings. The Kier molecular flexibility index (Phi) is 6.31. The molecule has 1 N–H and O–H groups in total. The molecule has 2 rings (SSSR count). The maximum Gasteiger partial charge on any atom is 0.337 e. The van der Waals surface area contributed by atoms with E-state index in [4.69, 9.17) is 16.3 Å². The third-order valence-electron chi connectivity index (χ3n) is 3.39. The Morgan fingerprint density at radius 2 is 2.21 bits per heavy atom. The van der Waals surface area contributed by atoms with Crippen LogP contribution in [-0.4, -0.2) is 41.9 Å². The predicted octanol–water partition coefficient (Wildman–Crippen LogP) is 3.29. The molecule has 2 aromatic rings. The number of benzene rings is 1. The molecule has 128 valence electrons. The molecule has 0 amide bonds. The summed E-state index contributed by atoms with van der Waals surface area (Å²) in [6, 6.07) is 4.83. The number of carbonyl (C=O) groups excluding carboxylic acids is 1. The van der Waals surface area contributed by atoms with Crippen LogP contribution in [-0.2, 0) is 4.74 Å². The predicted molar refractivity (Wildman–Crippen MR) is 94.1 cm³/mol. The summed E-state index contributed by atoms with van der Waals surface area (Å²) < 4.78 is 4.71. The quantitative estimate of drug-likeness (QED) is 0.768. The number of hydrogen-bond acceptors (Lipinski definition) is 7. The van der Waals surface area contributed by atoms with Crippen molar-refractivity contribution in [1.29, 1.82) is 0 Å². The minimum atomic E-state index is -0.435. The first-order valence-corrected chi connectivity index (χ1v) is 7.98. The molecule has 7 nitrogen and oxygen atoms in total. The van der Waals surface area contributed by atoms with Crippen LogP contribution >= 0.6 is 11.6 Å². The molecule has 0 saturated carbocycles. The number of nitrogens with one attached hydrogen (secondary N) is 1.